The van der Waals surface area contributed by atoms with Crippen LogP contribution in [0.2, 0.25) is 0 Å². The highest BCUT2D eigenvalue weighted by molar-refractivity contribution is 7.13. The number of hydrogen-bond donors (Lipinski definition) is 0. The number of rotatable bonds is 7. The molecule has 2 heterocycles. The van der Waals surface area contributed by atoms with Crippen LogP contribution in [-0.4, -0.2) is 52.3 Å². The lowest BCUT2D eigenvalue weighted by molar-refractivity contribution is -0.127. The van der Waals surface area contributed by atoms with Gasteiger partial charge in [-0.15, -0.1) is 17.9 Å². The van der Waals surface area contributed by atoms with E-state index in [1.807, 2.05) is 5.38 Å². The SMILES string of the molecule is C=CCN1C(=O)c2ccc(C(=O)O[C@@H](C)C(=O)N(c3nccs3)C3CCCCC3)cc2C1=O. The molecule has 0 radical (unpaired) electrons. The molecule has 1 aromatic carbocycles. The summed E-state index contributed by atoms with van der Waals surface area (Å²) in [5.74, 6) is -1.97. The van der Waals surface area contributed by atoms with E-state index in [9.17, 15) is 19.2 Å². The summed E-state index contributed by atoms with van der Waals surface area (Å²) in [6.07, 6.45) is 7.07. The second-order valence-electron chi connectivity index (χ2n) is 8.13. The molecule has 1 saturated carbocycles. The predicted octanol–water partition coefficient (Wildman–Crippen LogP) is 3.84. The number of nitrogens with zero attached hydrogens (tertiary/aromatic N) is 3. The first-order valence-corrected chi connectivity index (χ1v) is 11.8. The number of anilines is 1. The fraction of sp³-hybridized carbons (Fsp3) is 0.375. The van der Waals surface area contributed by atoms with Gasteiger partial charge in [0.2, 0.25) is 0 Å². The maximum atomic E-state index is 13.3. The van der Waals surface area contributed by atoms with Crippen LogP contribution in [0.3, 0.4) is 0 Å². The van der Waals surface area contributed by atoms with Gasteiger partial charge in [-0.2, -0.15) is 0 Å². The molecular formula is C24H25N3O5S. The Bertz CT molecular complexity index is 1090. The summed E-state index contributed by atoms with van der Waals surface area (Å²) in [7, 11) is 0. The summed E-state index contributed by atoms with van der Waals surface area (Å²) in [6.45, 7) is 5.19. The number of hydrogen-bond acceptors (Lipinski definition) is 7. The van der Waals surface area contributed by atoms with Gasteiger partial charge in [-0.1, -0.05) is 25.3 Å². The molecule has 2 aliphatic rings. The summed E-state index contributed by atoms with van der Waals surface area (Å²) in [5.41, 5.74) is 0.477. The number of carbonyl (C=O) groups is 4. The van der Waals surface area contributed by atoms with Crippen LogP contribution < -0.4 is 4.90 Å². The van der Waals surface area contributed by atoms with Gasteiger partial charge in [-0.05, 0) is 38.0 Å². The lowest BCUT2D eigenvalue weighted by Gasteiger charge is -2.33. The van der Waals surface area contributed by atoms with Crippen molar-refractivity contribution in [2.75, 3.05) is 11.4 Å². The first-order valence-electron chi connectivity index (χ1n) is 11.0. The van der Waals surface area contributed by atoms with E-state index in [2.05, 4.69) is 11.6 Å². The smallest absolute Gasteiger partial charge is 0.338 e. The first-order chi connectivity index (χ1) is 15.9. The van der Waals surface area contributed by atoms with E-state index in [1.165, 1.54) is 42.5 Å². The Kier molecular flexibility index (Phi) is 6.69. The molecule has 1 atom stereocenters. The van der Waals surface area contributed by atoms with E-state index in [0.717, 1.165) is 37.0 Å². The molecule has 3 amide bonds. The van der Waals surface area contributed by atoms with Crippen LogP contribution in [-0.2, 0) is 9.53 Å². The fourth-order valence-electron chi connectivity index (χ4n) is 4.29. The van der Waals surface area contributed by atoms with Gasteiger partial charge in [-0.25, -0.2) is 9.78 Å². The van der Waals surface area contributed by atoms with E-state index in [1.54, 1.807) is 11.1 Å². The quantitative estimate of drug-likeness (QED) is 0.349. The Hall–Kier alpha value is -3.33. The number of aromatic nitrogens is 1. The van der Waals surface area contributed by atoms with Crippen molar-refractivity contribution in [3.05, 3.63) is 59.1 Å². The summed E-state index contributed by atoms with van der Waals surface area (Å²) in [6, 6.07) is 4.24. The van der Waals surface area contributed by atoms with Gasteiger partial charge in [0.05, 0.1) is 16.7 Å². The Morgan fingerprint density at radius 2 is 1.97 bits per heavy atom. The van der Waals surface area contributed by atoms with Gasteiger partial charge < -0.3 is 4.74 Å². The van der Waals surface area contributed by atoms with Crippen LogP contribution in [0.25, 0.3) is 0 Å². The van der Waals surface area contributed by atoms with Crippen LogP contribution in [0.5, 0.6) is 0 Å². The number of thiazole rings is 1. The molecule has 0 spiro atoms. The average molecular weight is 468 g/mol. The summed E-state index contributed by atoms with van der Waals surface area (Å²) in [5, 5.41) is 2.41. The monoisotopic (exact) mass is 467 g/mol. The molecule has 9 heteroatoms. The van der Waals surface area contributed by atoms with Gasteiger partial charge in [0.1, 0.15) is 0 Å². The molecule has 1 aliphatic carbocycles. The van der Waals surface area contributed by atoms with Crippen LogP contribution in [0.15, 0.2) is 42.4 Å². The zero-order chi connectivity index (χ0) is 23.5. The van der Waals surface area contributed by atoms with Crippen molar-refractivity contribution < 1.29 is 23.9 Å². The van der Waals surface area contributed by atoms with E-state index in [4.69, 9.17) is 4.74 Å². The van der Waals surface area contributed by atoms with Crippen molar-refractivity contribution in [3.8, 4) is 0 Å². The molecule has 1 aliphatic heterocycles. The molecule has 2 aromatic rings. The lowest BCUT2D eigenvalue weighted by atomic mass is 9.94. The van der Waals surface area contributed by atoms with Crippen molar-refractivity contribution >= 4 is 40.2 Å². The van der Waals surface area contributed by atoms with Crippen molar-refractivity contribution in [1.29, 1.82) is 0 Å². The van der Waals surface area contributed by atoms with E-state index in [0.29, 0.717) is 5.13 Å². The Morgan fingerprint density at radius 1 is 1.24 bits per heavy atom. The third-order valence-corrected chi connectivity index (χ3v) is 6.72. The van der Waals surface area contributed by atoms with Crippen LogP contribution >= 0.6 is 11.3 Å². The molecule has 8 nitrogen and oxygen atoms in total. The normalized spacial score (nSPS) is 16.9. The third kappa shape index (κ3) is 4.45. The van der Waals surface area contributed by atoms with Gasteiger partial charge >= 0.3 is 5.97 Å². The molecular weight excluding hydrogens is 442 g/mol. The van der Waals surface area contributed by atoms with Gasteiger partial charge in [0, 0.05) is 24.2 Å². The van der Waals surface area contributed by atoms with Gasteiger partial charge in [-0.3, -0.25) is 24.2 Å². The minimum absolute atomic E-state index is 0.0259. The molecule has 4 rings (SSSR count). The second kappa shape index (κ2) is 9.66. The van der Waals surface area contributed by atoms with Gasteiger partial charge in [0.25, 0.3) is 17.7 Å². The van der Waals surface area contributed by atoms with Crippen molar-refractivity contribution in [3.63, 3.8) is 0 Å². The molecule has 0 saturated heterocycles. The highest BCUT2D eigenvalue weighted by Gasteiger charge is 2.36. The summed E-state index contributed by atoms with van der Waals surface area (Å²) in [4.78, 5) is 58.1. The van der Waals surface area contributed by atoms with Gasteiger partial charge in [0.15, 0.2) is 11.2 Å². The molecule has 0 N–H and O–H groups in total. The molecule has 0 unspecified atom stereocenters. The Morgan fingerprint density at radius 3 is 2.64 bits per heavy atom. The molecule has 1 aromatic heterocycles. The predicted molar refractivity (Wildman–Crippen MR) is 123 cm³/mol. The maximum Gasteiger partial charge on any atom is 0.338 e. The lowest BCUT2D eigenvalue weighted by Crippen LogP contribution is -2.47. The summed E-state index contributed by atoms with van der Waals surface area (Å²) >= 11 is 1.38. The number of imide groups is 1. The molecule has 33 heavy (non-hydrogen) atoms. The number of ether oxygens (including phenoxy) is 1. The highest BCUT2D eigenvalue weighted by atomic mass is 32.1. The summed E-state index contributed by atoms with van der Waals surface area (Å²) < 4.78 is 5.48. The number of carbonyl (C=O) groups excluding carboxylic acids is 4. The topological polar surface area (TPSA) is 96.9 Å². The van der Waals surface area contributed by atoms with E-state index >= 15 is 0 Å². The number of amides is 3. The molecule has 1 fully saturated rings. The van der Waals surface area contributed by atoms with Crippen molar-refractivity contribution in [1.82, 2.24) is 9.88 Å². The second-order valence-corrected chi connectivity index (χ2v) is 9.01. The van der Waals surface area contributed by atoms with Crippen molar-refractivity contribution in [2.45, 2.75) is 51.2 Å². The number of benzene rings is 1. The Labute approximate surface area is 195 Å². The largest absolute Gasteiger partial charge is 0.449 e. The highest BCUT2D eigenvalue weighted by Crippen LogP contribution is 2.30. The van der Waals surface area contributed by atoms with Crippen LogP contribution in [0.4, 0.5) is 5.13 Å². The average Bonchev–Trinajstić information content (AvgIpc) is 3.43. The first kappa shape index (κ1) is 22.8. The number of esters is 1. The third-order valence-electron chi connectivity index (χ3n) is 5.95. The molecule has 172 valence electrons. The van der Waals surface area contributed by atoms with Crippen LogP contribution in [0, 0.1) is 0 Å². The maximum absolute atomic E-state index is 13.3. The number of fused-ring (bicyclic) bond motifs is 1. The standard InChI is InChI=1S/C24H25N3O5S/c1-3-12-26-21(29)18-10-9-16(14-19(18)22(26)30)23(31)32-15(2)20(28)27(24-25-11-13-33-24)17-7-5-4-6-8-17/h3,9-11,13-15,17H,1,4-8,12H2,2H3/t15-/m0/s1. The van der Waals surface area contributed by atoms with E-state index < -0.39 is 23.9 Å². The minimum Gasteiger partial charge on any atom is -0.449 e. The molecule has 0 bridgehead atoms. The zero-order valence-corrected chi connectivity index (χ0v) is 19.2. The minimum atomic E-state index is -1.04. The van der Waals surface area contributed by atoms with Crippen molar-refractivity contribution in [2.24, 2.45) is 0 Å². The fourth-order valence-corrected chi connectivity index (χ4v) is 5.01. The van der Waals surface area contributed by atoms with Crippen LogP contribution in [0.1, 0.15) is 70.1 Å². The zero-order valence-electron chi connectivity index (χ0n) is 18.4. The Balaban J connectivity index is 1.50. The van der Waals surface area contributed by atoms with E-state index in [-0.39, 0.29) is 35.2 Å².